The van der Waals surface area contributed by atoms with E-state index in [0.29, 0.717) is 6.42 Å². The number of aromatic nitrogens is 1. The predicted molar refractivity (Wildman–Crippen MR) is 110 cm³/mol. The number of esters is 1. The SMILES string of the molecule is COC(=O)CCCc1ccc2c3cncc4cccc(c5cccc1c52)c43. The molecule has 1 aromatic heterocycles. The number of fused-ring (bicyclic) bond motifs is 2. The zero-order chi connectivity index (χ0) is 18.4. The summed E-state index contributed by atoms with van der Waals surface area (Å²) >= 11 is 0. The number of methoxy groups -OCH3 is 1. The van der Waals surface area contributed by atoms with Crippen molar-refractivity contribution in [1.82, 2.24) is 4.98 Å². The number of rotatable bonds is 4. The summed E-state index contributed by atoms with van der Waals surface area (Å²) in [7, 11) is 1.44. The molecule has 1 heterocycles. The largest absolute Gasteiger partial charge is 0.469 e. The number of carbonyl (C=O) groups excluding carboxylic acids is 1. The molecular weight excluding hydrogens is 334 g/mol. The highest BCUT2D eigenvalue weighted by molar-refractivity contribution is 6.32. The molecule has 0 fully saturated rings. The van der Waals surface area contributed by atoms with Crippen LogP contribution in [0.25, 0.3) is 43.1 Å². The average Bonchev–Trinajstić information content (AvgIpc) is 2.72. The Kier molecular flexibility index (Phi) is 3.68. The molecule has 0 aliphatic rings. The van der Waals surface area contributed by atoms with Crippen molar-refractivity contribution in [3.8, 4) is 0 Å². The van der Waals surface area contributed by atoms with Crippen LogP contribution in [0.4, 0.5) is 0 Å². The van der Waals surface area contributed by atoms with E-state index in [2.05, 4.69) is 53.5 Å². The number of hydrogen-bond donors (Lipinski definition) is 0. The van der Waals surface area contributed by atoms with Crippen molar-refractivity contribution in [3.05, 3.63) is 66.5 Å². The topological polar surface area (TPSA) is 39.2 Å². The number of ether oxygens (including phenoxy) is 1. The summed E-state index contributed by atoms with van der Waals surface area (Å²) in [6.45, 7) is 0. The molecule has 0 aliphatic carbocycles. The van der Waals surface area contributed by atoms with Gasteiger partial charge in [0.05, 0.1) is 7.11 Å². The van der Waals surface area contributed by atoms with E-state index >= 15 is 0 Å². The maximum Gasteiger partial charge on any atom is 0.305 e. The molecule has 0 aliphatic heterocycles. The van der Waals surface area contributed by atoms with Gasteiger partial charge in [0, 0.05) is 35.0 Å². The fraction of sp³-hybridized carbons (Fsp3) is 0.167. The van der Waals surface area contributed by atoms with Crippen molar-refractivity contribution in [3.63, 3.8) is 0 Å². The first-order valence-electron chi connectivity index (χ1n) is 9.27. The van der Waals surface area contributed by atoms with Gasteiger partial charge in [0.1, 0.15) is 0 Å². The van der Waals surface area contributed by atoms with Gasteiger partial charge >= 0.3 is 5.97 Å². The highest BCUT2D eigenvalue weighted by atomic mass is 16.5. The molecule has 0 spiro atoms. The monoisotopic (exact) mass is 353 g/mol. The van der Waals surface area contributed by atoms with Crippen molar-refractivity contribution < 1.29 is 9.53 Å². The Bertz CT molecular complexity index is 1260. The predicted octanol–water partition coefficient (Wildman–Crippen LogP) is 5.63. The number of pyridine rings is 1. The minimum Gasteiger partial charge on any atom is -0.469 e. The average molecular weight is 353 g/mol. The Labute approximate surface area is 156 Å². The van der Waals surface area contributed by atoms with E-state index < -0.39 is 0 Å². The third-order valence-corrected chi connectivity index (χ3v) is 5.55. The van der Waals surface area contributed by atoms with Gasteiger partial charge in [-0.25, -0.2) is 0 Å². The summed E-state index contributed by atoms with van der Waals surface area (Å²) in [4.78, 5) is 15.9. The van der Waals surface area contributed by atoms with Crippen molar-refractivity contribution in [1.29, 1.82) is 0 Å². The summed E-state index contributed by atoms with van der Waals surface area (Å²) in [6, 6.07) is 17.4. The van der Waals surface area contributed by atoms with Crippen LogP contribution in [0.5, 0.6) is 0 Å². The highest BCUT2D eigenvalue weighted by Crippen LogP contribution is 2.40. The Morgan fingerprint density at radius 2 is 1.59 bits per heavy atom. The minimum atomic E-state index is -0.149. The van der Waals surface area contributed by atoms with Gasteiger partial charge in [0.15, 0.2) is 0 Å². The molecular formula is C24H19NO2. The lowest BCUT2D eigenvalue weighted by Gasteiger charge is -2.16. The van der Waals surface area contributed by atoms with Gasteiger partial charge in [0.25, 0.3) is 0 Å². The molecule has 0 radical (unpaired) electrons. The highest BCUT2D eigenvalue weighted by Gasteiger charge is 2.14. The second-order valence-corrected chi connectivity index (χ2v) is 7.02. The van der Waals surface area contributed by atoms with Gasteiger partial charge in [-0.05, 0) is 45.3 Å². The maximum atomic E-state index is 11.4. The lowest BCUT2D eigenvalue weighted by atomic mass is 9.88. The first-order chi connectivity index (χ1) is 13.3. The van der Waals surface area contributed by atoms with Gasteiger partial charge in [-0.3, -0.25) is 9.78 Å². The van der Waals surface area contributed by atoms with Crippen LogP contribution in [0.2, 0.25) is 0 Å². The molecule has 0 saturated heterocycles. The third kappa shape index (κ3) is 2.42. The Hall–Kier alpha value is -3.20. The molecule has 5 aromatic rings. The van der Waals surface area contributed by atoms with Crippen molar-refractivity contribution in [2.75, 3.05) is 7.11 Å². The van der Waals surface area contributed by atoms with Crippen molar-refractivity contribution in [2.24, 2.45) is 0 Å². The number of hydrogen-bond acceptors (Lipinski definition) is 3. The first-order valence-corrected chi connectivity index (χ1v) is 9.27. The maximum absolute atomic E-state index is 11.4. The molecule has 3 heteroatoms. The fourth-order valence-corrected chi connectivity index (χ4v) is 4.32. The second kappa shape index (κ2) is 6.20. The van der Waals surface area contributed by atoms with E-state index in [4.69, 9.17) is 4.74 Å². The van der Waals surface area contributed by atoms with E-state index in [1.165, 1.54) is 55.8 Å². The van der Waals surface area contributed by atoms with Crippen LogP contribution >= 0.6 is 0 Å². The van der Waals surface area contributed by atoms with Crippen LogP contribution < -0.4 is 0 Å². The van der Waals surface area contributed by atoms with Crippen LogP contribution in [-0.2, 0) is 16.0 Å². The fourth-order valence-electron chi connectivity index (χ4n) is 4.32. The van der Waals surface area contributed by atoms with Gasteiger partial charge in [-0.2, -0.15) is 0 Å². The molecule has 4 aromatic carbocycles. The molecule has 0 atom stereocenters. The molecule has 3 nitrogen and oxygen atoms in total. The van der Waals surface area contributed by atoms with Crippen molar-refractivity contribution >= 4 is 49.1 Å². The standard InChI is InChI=1S/C24H19NO2/c1-27-22(26)10-3-5-15-11-12-20-21-14-25-13-16-6-2-8-18(23(16)21)19-9-4-7-17(15)24(19)20/h2,4,6-9,11-14H,3,5,10H2,1H3. The molecule has 132 valence electrons. The normalized spacial score (nSPS) is 11.7. The zero-order valence-electron chi connectivity index (χ0n) is 15.2. The Balaban J connectivity index is 1.78. The number of nitrogens with zero attached hydrogens (tertiary/aromatic N) is 1. The zero-order valence-corrected chi connectivity index (χ0v) is 15.2. The quantitative estimate of drug-likeness (QED) is 0.239. The smallest absolute Gasteiger partial charge is 0.305 e. The number of benzene rings is 4. The molecule has 0 unspecified atom stereocenters. The van der Waals surface area contributed by atoms with E-state index in [9.17, 15) is 4.79 Å². The van der Waals surface area contributed by atoms with Crippen LogP contribution in [-0.4, -0.2) is 18.1 Å². The van der Waals surface area contributed by atoms with E-state index in [1.807, 2.05) is 12.4 Å². The summed E-state index contributed by atoms with van der Waals surface area (Å²) in [5, 5.41) is 10.0. The molecule has 5 rings (SSSR count). The lowest BCUT2D eigenvalue weighted by Crippen LogP contribution is -2.01. The molecule has 0 amide bonds. The van der Waals surface area contributed by atoms with E-state index in [0.717, 1.165) is 12.8 Å². The summed E-state index contributed by atoms with van der Waals surface area (Å²) < 4.78 is 4.77. The first kappa shape index (κ1) is 16.0. The van der Waals surface area contributed by atoms with Gasteiger partial charge in [-0.15, -0.1) is 0 Å². The van der Waals surface area contributed by atoms with E-state index in [-0.39, 0.29) is 5.97 Å². The summed E-state index contributed by atoms with van der Waals surface area (Å²) in [5.41, 5.74) is 1.28. The molecule has 0 saturated carbocycles. The van der Waals surface area contributed by atoms with Crippen LogP contribution in [0, 0.1) is 0 Å². The van der Waals surface area contributed by atoms with Crippen LogP contribution in [0.15, 0.2) is 60.9 Å². The minimum absolute atomic E-state index is 0.149. The van der Waals surface area contributed by atoms with Gasteiger partial charge in [0.2, 0.25) is 0 Å². The summed E-state index contributed by atoms with van der Waals surface area (Å²) in [6.07, 6.45) is 6.02. The molecule has 0 N–H and O–H groups in total. The Morgan fingerprint density at radius 3 is 2.44 bits per heavy atom. The molecule has 0 bridgehead atoms. The van der Waals surface area contributed by atoms with E-state index in [1.54, 1.807) is 0 Å². The second-order valence-electron chi connectivity index (χ2n) is 7.02. The van der Waals surface area contributed by atoms with Crippen LogP contribution in [0.3, 0.4) is 0 Å². The molecule has 27 heavy (non-hydrogen) atoms. The number of carbonyl (C=O) groups is 1. The van der Waals surface area contributed by atoms with Crippen molar-refractivity contribution in [2.45, 2.75) is 19.3 Å². The number of aryl methyl sites for hydroxylation is 1. The summed E-state index contributed by atoms with van der Waals surface area (Å²) in [5.74, 6) is -0.149. The lowest BCUT2D eigenvalue weighted by molar-refractivity contribution is -0.140. The van der Waals surface area contributed by atoms with Gasteiger partial charge < -0.3 is 4.74 Å². The Morgan fingerprint density at radius 1 is 0.852 bits per heavy atom. The van der Waals surface area contributed by atoms with Crippen LogP contribution in [0.1, 0.15) is 18.4 Å². The third-order valence-electron chi connectivity index (χ3n) is 5.55. The van der Waals surface area contributed by atoms with Gasteiger partial charge in [-0.1, -0.05) is 48.5 Å².